The van der Waals surface area contributed by atoms with Crippen LogP contribution in [0, 0.1) is 23.1 Å². The van der Waals surface area contributed by atoms with Crippen molar-refractivity contribution in [3.05, 3.63) is 29.1 Å². The Morgan fingerprint density at radius 2 is 2.03 bits per heavy atom. The Morgan fingerprint density at radius 1 is 1.29 bits per heavy atom. The lowest BCUT2D eigenvalue weighted by atomic mass is 9.54. The van der Waals surface area contributed by atoms with Gasteiger partial charge in [-0.2, -0.15) is 8.42 Å². The zero-order valence-electron chi connectivity index (χ0n) is 17.7. The van der Waals surface area contributed by atoms with Gasteiger partial charge in [-0.05, 0) is 54.7 Å². The van der Waals surface area contributed by atoms with E-state index in [2.05, 4.69) is 0 Å². The summed E-state index contributed by atoms with van der Waals surface area (Å²) in [4.78, 5) is 0. The standard InChI is InChI=1S/C21H28F2O7S/c1-21-9-17(28-3)18-11-6-7-16(29-10-27-2)19(23)12(11)4-5-13(18)14(21)8-15(22)20(21)30-31(24,25)26/h6-7,13-15,17-18,20H,4-5,8-10H2,1-3H3,(H,24,25,26)/t13-,14-,15+,17-,18+,20-,21-/m0/s1/i22-1. The molecular weight excluding hydrogens is 433 g/mol. The largest absolute Gasteiger partial charge is 0.464 e. The molecule has 0 spiro atoms. The molecule has 1 N–H and O–H groups in total. The van der Waals surface area contributed by atoms with Crippen molar-refractivity contribution in [1.29, 1.82) is 0 Å². The molecule has 0 heterocycles. The molecule has 10 heteroatoms. The molecule has 1 aromatic rings. The topological polar surface area (TPSA) is 91.3 Å². The van der Waals surface area contributed by atoms with Crippen LogP contribution in [-0.4, -0.2) is 52.4 Å². The van der Waals surface area contributed by atoms with E-state index in [1.54, 1.807) is 20.1 Å². The lowest BCUT2D eigenvalue weighted by Gasteiger charge is -2.53. The first-order valence-electron chi connectivity index (χ1n) is 10.4. The van der Waals surface area contributed by atoms with Gasteiger partial charge in [-0.25, -0.2) is 13.0 Å². The second-order valence-electron chi connectivity index (χ2n) is 9.01. The van der Waals surface area contributed by atoms with Crippen molar-refractivity contribution >= 4 is 10.4 Å². The zero-order chi connectivity index (χ0) is 22.6. The highest BCUT2D eigenvalue weighted by Crippen LogP contribution is 2.63. The van der Waals surface area contributed by atoms with E-state index in [4.69, 9.17) is 18.4 Å². The van der Waals surface area contributed by atoms with Crippen molar-refractivity contribution < 1.29 is 40.1 Å². The average molecular weight is 462 g/mol. The molecule has 0 radical (unpaired) electrons. The molecule has 7 atom stereocenters. The van der Waals surface area contributed by atoms with Crippen LogP contribution in [-0.2, 0) is 30.5 Å². The van der Waals surface area contributed by atoms with Gasteiger partial charge in [0.15, 0.2) is 18.4 Å². The Bertz CT molecular complexity index is 940. The molecule has 3 aliphatic carbocycles. The van der Waals surface area contributed by atoms with Crippen molar-refractivity contribution in [2.45, 2.75) is 56.9 Å². The number of ether oxygens (including phenoxy) is 3. The number of alkyl halides is 1. The minimum Gasteiger partial charge on any atom is -0.464 e. The number of rotatable bonds is 6. The van der Waals surface area contributed by atoms with Crippen molar-refractivity contribution in [3.8, 4) is 5.75 Å². The highest BCUT2D eigenvalue weighted by atomic mass is 32.3. The first-order valence-corrected chi connectivity index (χ1v) is 11.7. The third-order valence-corrected chi connectivity index (χ3v) is 7.97. The Kier molecular flexibility index (Phi) is 6.06. The summed E-state index contributed by atoms with van der Waals surface area (Å²) >= 11 is 0. The van der Waals surface area contributed by atoms with E-state index in [0.29, 0.717) is 24.8 Å². The van der Waals surface area contributed by atoms with Gasteiger partial charge >= 0.3 is 10.4 Å². The Morgan fingerprint density at radius 3 is 2.68 bits per heavy atom. The van der Waals surface area contributed by atoms with Crippen molar-refractivity contribution in [3.63, 3.8) is 0 Å². The summed E-state index contributed by atoms with van der Waals surface area (Å²) in [7, 11) is -1.80. The molecule has 31 heavy (non-hydrogen) atoms. The second-order valence-corrected chi connectivity index (χ2v) is 10.1. The van der Waals surface area contributed by atoms with E-state index in [9.17, 15) is 17.4 Å². The lowest BCUT2D eigenvalue weighted by molar-refractivity contribution is -0.0916. The van der Waals surface area contributed by atoms with Gasteiger partial charge in [0.2, 0.25) is 0 Å². The summed E-state index contributed by atoms with van der Waals surface area (Å²) in [5.41, 5.74) is 0.553. The van der Waals surface area contributed by atoms with E-state index < -0.39 is 33.9 Å². The van der Waals surface area contributed by atoms with Crippen LogP contribution < -0.4 is 4.74 Å². The smallest absolute Gasteiger partial charge is 0.397 e. The maximum absolute atomic E-state index is 15.1. The van der Waals surface area contributed by atoms with Gasteiger partial charge in [0.25, 0.3) is 0 Å². The predicted molar refractivity (Wildman–Crippen MR) is 106 cm³/mol. The van der Waals surface area contributed by atoms with Gasteiger partial charge in [0.1, 0.15) is 12.3 Å². The lowest BCUT2D eigenvalue weighted by Crippen LogP contribution is -2.52. The number of hydrogen-bond acceptors (Lipinski definition) is 6. The molecule has 2 fully saturated rings. The molecule has 7 nitrogen and oxygen atoms in total. The summed E-state index contributed by atoms with van der Waals surface area (Å²) in [6.07, 6.45) is -1.68. The molecule has 3 aliphatic rings. The molecule has 4 rings (SSSR count). The van der Waals surface area contributed by atoms with Gasteiger partial charge < -0.3 is 14.2 Å². The van der Waals surface area contributed by atoms with Crippen LogP contribution >= 0.6 is 0 Å². The maximum atomic E-state index is 15.1. The number of halogens is 2. The molecule has 0 bridgehead atoms. The van der Waals surface area contributed by atoms with Crippen molar-refractivity contribution in [2.24, 2.45) is 17.3 Å². The van der Waals surface area contributed by atoms with Crippen molar-refractivity contribution in [1.82, 2.24) is 0 Å². The fourth-order valence-electron chi connectivity index (χ4n) is 6.35. The van der Waals surface area contributed by atoms with Crippen LogP contribution in [0.2, 0.25) is 0 Å². The van der Waals surface area contributed by atoms with Crippen molar-refractivity contribution in [2.75, 3.05) is 21.0 Å². The normalized spacial score (nSPS) is 37.1. The van der Waals surface area contributed by atoms with Crippen LogP contribution in [0.5, 0.6) is 5.75 Å². The molecule has 0 unspecified atom stereocenters. The second kappa shape index (κ2) is 8.22. The minimum absolute atomic E-state index is 0.0328. The molecule has 0 aliphatic heterocycles. The van der Waals surface area contributed by atoms with Crippen LogP contribution in [0.1, 0.15) is 43.2 Å². The fourth-order valence-corrected chi connectivity index (χ4v) is 6.95. The molecule has 174 valence electrons. The Balaban J connectivity index is 1.71. The van der Waals surface area contributed by atoms with E-state index in [1.165, 1.54) is 7.11 Å². The van der Waals surface area contributed by atoms with Gasteiger partial charge in [-0.3, -0.25) is 4.55 Å². The van der Waals surface area contributed by atoms with Crippen LogP contribution in [0.25, 0.3) is 0 Å². The van der Waals surface area contributed by atoms with Gasteiger partial charge in [0, 0.05) is 25.6 Å². The minimum atomic E-state index is -4.80. The SMILES string of the molecule is COCOc1ccc2c(c1F)CC[C@@H]1[C@@H]2[C@@H](OC)C[C@@]2(C)[C@H]1C[C@@H]([18F])[C@@H]2OS(=O)(=O)O. The predicted octanol–water partition coefficient (Wildman–Crippen LogP) is 3.43. The summed E-state index contributed by atoms with van der Waals surface area (Å²) in [5, 5.41) is 0. The fraction of sp³-hybridized carbons (Fsp3) is 0.714. The van der Waals surface area contributed by atoms with Crippen LogP contribution in [0.15, 0.2) is 12.1 Å². The first kappa shape index (κ1) is 22.8. The van der Waals surface area contributed by atoms with Gasteiger partial charge in [-0.15, -0.1) is 0 Å². The van der Waals surface area contributed by atoms with Gasteiger partial charge in [0.05, 0.1) is 6.10 Å². The zero-order valence-corrected chi connectivity index (χ0v) is 18.5. The summed E-state index contributed by atoms with van der Waals surface area (Å²) in [6.45, 7) is 1.74. The highest BCUT2D eigenvalue weighted by Gasteiger charge is 2.63. The first-order chi connectivity index (χ1) is 14.6. The number of methoxy groups -OCH3 is 2. The molecular formula is C21H28F2O7S. The van der Waals surface area contributed by atoms with Crippen LogP contribution in [0.3, 0.4) is 0 Å². The molecule has 1 aromatic carbocycles. The summed E-state index contributed by atoms with van der Waals surface area (Å²) in [5.74, 6) is -0.672. The van der Waals surface area contributed by atoms with Crippen LogP contribution in [0.4, 0.5) is 8.78 Å². The Labute approximate surface area is 181 Å². The van der Waals surface area contributed by atoms with E-state index in [1.807, 2.05) is 6.07 Å². The Hall–Kier alpha value is -1.33. The van der Waals surface area contributed by atoms with E-state index >= 15 is 4.39 Å². The maximum Gasteiger partial charge on any atom is 0.397 e. The average Bonchev–Trinajstić information content (AvgIpc) is 2.95. The number of benzene rings is 1. The van der Waals surface area contributed by atoms with Gasteiger partial charge in [-0.1, -0.05) is 13.0 Å². The molecule has 0 amide bonds. The molecule has 0 aromatic heterocycles. The van der Waals surface area contributed by atoms with E-state index in [-0.39, 0.29) is 42.8 Å². The monoisotopic (exact) mass is 461 g/mol. The number of hydrogen-bond donors (Lipinski definition) is 1. The molecule has 0 saturated heterocycles. The highest BCUT2D eigenvalue weighted by molar-refractivity contribution is 7.80. The third-order valence-electron chi connectivity index (χ3n) is 7.52. The van der Waals surface area contributed by atoms with E-state index in [0.717, 1.165) is 5.56 Å². The molecule has 2 saturated carbocycles. The quantitative estimate of drug-likeness (QED) is 0.513. The summed E-state index contributed by atoms with van der Waals surface area (Å²) < 4.78 is 82.8. The number of fused-ring (bicyclic) bond motifs is 5. The third kappa shape index (κ3) is 3.86. The summed E-state index contributed by atoms with van der Waals surface area (Å²) in [6, 6.07) is 3.41.